The highest BCUT2D eigenvalue weighted by atomic mass is 32.2. The molecular weight excluding hydrogens is 404 g/mol. The molecule has 7 nitrogen and oxygen atoms in total. The van der Waals surface area contributed by atoms with Gasteiger partial charge in [-0.05, 0) is 38.1 Å². The molecule has 0 spiro atoms. The SMILES string of the molecule is Cc1ccc(NC(=O)CS[C@@H](C)C(=O)OCCN2C(=O)c3ccccc3C2=O)cc1. The number of nitrogens with zero attached hydrogens (tertiary/aromatic N) is 1. The van der Waals surface area contributed by atoms with Crippen molar-refractivity contribution >= 4 is 41.1 Å². The largest absolute Gasteiger partial charge is 0.463 e. The van der Waals surface area contributed by atoms with Gasteiger partial charge < -0.3 is 10.1 Å². The molecule has 0 fully saturated rings. The van der Waals surface area contributed by atoms with Crippen LogP contribution >= 0.6 is 11.8 Å². The molecule has 2 aromatic rings. The van der Waals surface area contributed by atoms with Gasteiger partial charge in [-0.2, -0.15) is 0 Å². The van der Waals surface area contributed by atoms with Crippen LogP contribution in [0.1, 0.15) is 33.2 Å². The summed E-state index contributed by atoms with van der Waals surface area (Å²) in [5, 5.41) is 2.21. The molecular formula is C22H22N2O5S. The topological polar surface area (TPSA) is 92.8 Å². The zero-order chi connectivity index (χ0) is 21.7. The van der Waals surface area contributed by atoms with Gasteiger partial charge in [0.2, 0.25) is 5.91 Å². The number of fused-ring (bicyclic) bond motifs is 1. The van der Waals surface area contributed by atoms with Crippen molar-refractivity contribution in [2.45, 2.75) is 19.1 Å². The quantitative estimate of drug-likeness (QED) is 0.515. The third-order valence-electron chi connectivity index (χ3n) is 4.57. The van der Waals surface area contributed by atoms with Gasteiger partial charge in [0.05, 0.1) is 23.4 Å². The number of nitrogens with one attached hydrogen (secondary N) is 1. The summed E-state index contributed by atoms with van der Waals surface area (Å²) in [4.78, 5) is 49.8. The second kappa shape index (κ2) is 9.58. The average molecular weight is 426 g/mol. The number of ether oxygens (including phenoxy) is 1. The zero-order valence-electron chi connectivity index (χ0n) is 16.7. The predicted octanol–water partition coefficient (Wildman–Crippen LogP) is 2.89. The van der Waals surface area contributed by atoms with Crippen molar-refractivity contribution in [1.82, 2.24) is 4.90 Å². The van der Waals surface area contributed by atoms with Crippen LogP contribution in [0.3, 0.4) is 0 Å². The van der Waals surface area contributed by atoms with Crippen LogP contribution in [0.5, 0.6) is 0 Å². The fourth-order valence-electron chi connectivity index (χ4n) is 2.90. The van der Waals surface area contributed by atoms with Crippen molar-refractivity contribution in [3.8, 4) is 0 Å². The fraction of sp³-hybridized carbons (Fsp3) is 0.273. The number of hydrogen-bond donors (Lipinski definition) is 1. The summed E-state index contributed by atoms with van der Waals surface area (Å²) in [6, 6.07) is 14.0. The van der Waals surface area contributed by atoms with Crippen LogP contribution in [0.15, 0.2) is 48.5 Å². The molecule has 1 aliphatic heterocycles. The molecule has 8 heteroatoms. The Bertz CT molecular complexity index is 939. The standard InChI is InChI=1S/C22H22N2O5S/c1-14-7-9-16(10-8-14)23-19(25)13-30-15(2)22(28)29-12-11-24-20(26)17-5-3-4-6-18(17)21(24)27/h3-10,15H,11-13H2,1-2H3,(H,23,25)/t15-/m0/s1. The first-order chi connectivity index (χ1) is 14.4. The first-order valence-electron chi connectivity index (χ1n) is 9.47. The minimum absolute atomic E-state index is 0.0105. The summed E-state index contributed by atoms with van der Waals surface area (Å²) in [5.74, 6) is -1.39. The lowest BCUT2D eigenvalue weighted by Crippen LogP contribution is -2.34. The molecule has 0 aliphatic carbocycles. The Morgan fingerprint density at radius 2 is 1.63 bits per heavy atom. The molecule has 30 heavy (non-hydrogen) atoms. The van der Waals surface area contributed by atoms with E-state index < -0.39 is 11.2 Å². The number of esters is 1. The first kappa shape index (κ1) is 21.6. The summed E-state index contributed by atoms with van der Waals surface area (Å²) in [5.41, 5.74) is 2.51. The number of carbonyl (C=O) groups is 4. The van der Waals surface area contributed by atoms with E-state index >= 15 is 0 Å². The maximum Gasteiger partial charge on any atom is 0.318 e. The summed E-state index contributed by atoms with van der Waals surface area (Å²) >= 11 is 1.15. The summed E-state index contributed by atoms with van der Waals surface area (Å²) in [6.45, 7) is 3.51. The Kier molecular flexibility index (Phi) is 6.89. The van der Waals surface area contributed by atoms with Crippen molar-refractivity contribution in [2.75, 3.05) is 24.2 Å². The number of amides is 3. The minimum atomic E-state index is -0.559. The third-order valence-corrected chi connectivity index (χ3v) is 5.69. The van der Waals surface area contributed by atoms with Crippen molar-refractivity contribution in [3.05, 3.63) is 65.2 Å². The monoisotopic (exact) mass is 426 g/mol. The molecule has 3 rings (SSSR count). The van der Waals surface area contributed by atoms with Crippen LogP contribution < -0.4 is 5.32 Å². The van der Waals surface area contributed by atoms with Gasteiger partial charge in [0, 0.05) is 5.69 Å². The lowest BCUT2D eigenvalue weighted by molar-refractivity contribution is -0.142. The van der Waals surface area contributed by atoms with E-state index in [0.29, 0.717) is 16.8 Å². The number of rotatable bonds is 8. The van der Waals surface area contributed by atoms with Gasteiger partial charge >= 0.3 is 5.97 Å². The average Bonchev–Trinajstić information content (AvgIpc) is 2.98. The van der Waals surface area contributed by atoms with E-state index in [9.17, 15) is 19.2 Å². The van der Waals surface area contributed by atoms with Gasteiger partial charge in [0.25, 0.3) is 11.8 Å². The van der Waals surface area contributed by atoms with Crippen LogP contribution in [0.4, 0.5) is 5.69 Å². The van der Waals surface area contributed by atoms with Gasteiger partial charge in [-0.1, -0.05) is 29.8 Å². The Labute approximate surface area is 178 Å². The number of aryl methyl sites for hydroxylation is 1. The Hall–Kier alpha value is -3.13. The minimum Gasteiger partial charge on any atom is -0.463 e. The van der Waals surface area contributed by atoms with Gasteiger partial charge in [0.15, 0.2) is 0 Å². The molecule has 0 radical (unpaired) electrons. The molecule has 1 N–H and O–H groups in total. The van der Waals surface area contributed by atoms with E-state index in [1.54, 1.807) is 31.2 Å². The molecule has 1 aliphatic rings. The molecule has 0 unspecified atom stereocenters. The molecule has 3 amide bonds. The summed E-state index contributed by atoms with van der Waals surface area (Å²) < 4.78 is 5.19. The van der Waals surface area contributed by atoms with Crippen LogP contribution in [-0.4, -0.2) is 52.7 Å². The van der Waals surface area contributed by atoms with Crippen molar-refractivity contribution in [2.24, 2.45) is 0 Å². The first-order valence-corrected chi connectivity index (χ1v) is 10.5. The number of thioether (sulfide) groups is 1. The molecule has 0 saturated carbocycles. The number of hydrogen-bond acceptors (Lipinski definition) is 6. The van der Waals surface area contributed by atoms with Gasteiger partial charge in [-0.3, -0.25) is 24.1 Å². The molecule has 2 aromatic carbocycles. The smallest absolute Gasteiger partial charge is 0.318 e. The molecule has 1 heterocycles. The zero-order valence-corrected chi connectivity index (χ0v) is 17.5. The molecule has 0 saturated heterocycles. The Balaban J connectivity index is 1.40. The number of carbonyl (C=O) groups excluding carboxylic acids is 4. The maximum atomic E-state index is 12.3. The van der Waals surface area contributed by atoms with Gasteiger partial charge in [-0.25, -0.2) is 0 Å². The van der Waals surface area contributed by atoms with Crippen LogP contribution in [0.25, 0.3) is 0 Å². The highest BCUT2D eigenvalue weighted by Crippen LogP contribution is 2.22. The number of imide groups is 1. The highest BCUT2D eigenvalue weighted by molar-refractivity contribution is 8.01. The molecule has 0 bridgehead atoms. The number of benzene rings is 2. The second-order valence-electron chi connectivity index (χ2n) is 6.84. The normalized spacial score (nSPS) is 13.7. The second-order valence-corrected chi connectivity index (χ2v) is 8.17. The highest BCUT2D eigenvalue weighted by Gasteiger charge is 2.34. The summed E-state index contributed by atoms with van der Waals surface area (Å²) in [6.07, 6.45) is 0. The van der Waals surface area contributed by atoms with Crippen LogP contribution in [-0.2, 0) is 14.3 Å². The van der Waals surface area contributed by atoms with E-state index in [2.05, 4.69) is 5.32 Å². The van der Waals surface area contributed by atoms with Gasteiger partial charge in [0.1, 0.15) is 11.9 Å². The Morgan fingerprint density at radius 1 is 1.03 bits per heavy atom. The van der Waals surface area contributed by atoms with Crippen molar-refractivity contribution in [1.29, 1.82) is 0 Å². The lowest BCUT2D eigenvalue weighted by Gasteiger charge is -2.15. The van der Waals surface area contributed by atoms with E-state index in [-0.39, 0.29) is 36.6 Å². The molecule has 1 atom stereocenters. The predicted molar refractivity (Wildman–Crippen MR) is 114 cm³/mol. The van der Waals surface area contributed by atoms with Crippen molar-refractivity contribution < 1.29 is 23.9 Å². The van der Waals surface area contributed by atoms with E-state index in [4.69, 9.17) is 4.74 Å². The van der Waals surface area contributed by atoms with E-state index in [1.165, 1.54) is 0 Å². The van der Waals surface area contributed by atoms with Gasteiger partial charge in [-0.15, -0.1) is 11.8 Å². The molecule has 156 valence electrons. The van der Waals surface area contributed by atoms with E-state index in [0.717, 1.165) is 22.2 Å². The van der Waals surface area contributed by atoms with E-state index in [1.807, 2.05) is 31.2 Å². The third kappa shape index (κ3) is 5.07. The van der Waals surface area contributed by atoms with Crippen molar-refractivity contribution in [3.63, 3.8) is 0 Å². The maximum absolute atomic E-state index is 12.3. The van der Waals surface area contributed by atoms with Crippen LogP contribution in [0, 0.1) is 6.92 Å². The summed E-state index contributed by atoms with van der Waals surface area (Å²) in [7, 11) is 0. The Morgan fingerprint density at radius 3 is 2.23 bits per heavy atom. The van der Waals surface area contributed by atoms with Crippen LogP contribution in [0.2, 0.25) is 0 Å². The lowest BCUT2D eigenvalue weighted by atomic mass is 10.1. The molecule has 0 aromatic heterocycles. The number of anilines is 1. The fourth-order valence-corrected chi connectivity index (χ4v) is 3.58.